The van der Waals surface area contributed by atoms with Gasteiger partial charge in [-0.1, -0.05) is 0 Å². The highest BCUT2D eigenvalue weighted by molar-refractivity contribution is 5.92. The van der Waals surface area contributed by atoms with Gasteiger partial charge in [-0.05, 0) is 44.0 Å². The second-order valence-corrected chi connectivity index (χ2v) is 6.94. The molecule has 1 aliphatic heterocycles. The largest absolute Gasteiger partial charge is 0.437 e. The summed E-state index contributed by atoms with van der Waals surface area (Å²) in [5.41, 5.74) is 1.78. The van der Waals surface area contributed by atoms with Crippen molar-refractivity contribution in [2.75, 3.05) is 13.1 Å². The highest BCUT2D eigenvalue weighted by Crippen LogP contribution is 2.33. The third kappa shape index (κ3) is 4.37. The van der Waals surface area contributed by atoms with Crippen LogP contribution in [-0.2, 0) is 0 Å². The normalized spacial score (nSPS) is 16.5. The molecule has 1 aliphatic rings. The Bertz CT molecular complexity index is 995. The minimum atomic E-state index is -0.336. The number of aromatic nitrogens is 4. The van der Waals surface area contributed by atoms with Crippen LogP contribution < -0.4 is 4.74 Å². The molecule has 0 spiro atoms. The standard InChI is InChI=1S/C21H20FN5O2/c1-14-11-26-18(12-25-14)21(28)27-10-2-3-15(13-27)19-20(24-9-8-23-19)29-17-6-4-16(22)5-7-17/h4-9,11-12,15H,2-3,10,13H2,1H3/t15-/m1/s1. The molecular formula is C21H20FN5O2. The second-order valence-electron chi connectivity index (χ2n) is 6.94. The average molecular weight is 393 g/mol. The Kier molecular flexibility index (Phi) is 5.41. The molecule has 4 rings (SSSR count). The summed E-state index contributed by atoms with van der Waals surface area (Å²) in [5.74, 6) is 0.347. The van der Waals surface area contributed by atoms with E-state index in [0.717, 1.165) is 18.5 Å². The van der Waals surface area contributed by atoms with E-state index in [4.69, 9.17) is 4.74 Å². The molecule has 148 valence electrons. The predicted octanol–water partition coefficient (Wildman–Crippen LogP) is 3.53. The SMILES string of the molecule is Cc1cnc(C(=O)N2CCC[C@@H](c3nccnc3Oc3ccc(F)cc3)C2)cn1. The minimum Gasteiger partial charge on any atom is -0.437 e. The highest BCUT2D eigenvalue weighted by Gasteiger charge is 2.29. The lowest BCUT2D eigenvalue weighted by atomic mass is 9.94. The Balaban J connectivity index is 1.53. The van der Waals surface area contributed by atoms with E-state index in [9.17, 15) is 9.18 Å². The number of amides is 1. The molecular weight excluding hydrogens is 373 g/mol. The van der Waals surface area contributed by atoms with Crippen LogP contribution in [0.4, 0.5) is 4.39 Å². The van der Waals surface area contributed by atoms with Crippen molar-refractivity contribution in [2.24, 2.45) is 0 Å². The van der Waals surface area contributed by atoms with Crippen LogP contribution in [0, 0.1) is 12.7 Å². The lowest BCUT2D eigenvalue weighted by molar-refractivity contribution is 0.0698. The lowest BCUT2D eigenvalue weighted by Crippen LogP contribution is -2.39. The molecule has 7 nitrogen and oxygen atoms in total. The monoisotopic (exact) mass is 393 g/mol. The quantitative estimate of drug-likeness (QED) is 0.675. The fourth-order valence-electron chi connectivity index (χ4n) is 3.36. The summed E-state index contributed by atoms with van der Waals surface area (Å²) in [4.78, 5) is 31.7. The molecule has 0 N–H and O–H groups in total. The number of carbonyl (C=O) groups is 1. The average Bonchev–Trinajstić information content (AvgIpc) is 2.76. The molecule has 2 aromatic heterocycles. The number of likely N-dealkylation sites (tertiary alicyclic amines) is 1. The first kappa shape index (κ1) is 18.9. The Morgan fingerprint density at radius 2 is 1.90 bits per heavy atom. The van der Waals surface area contributed by atoms with Crippen molar-refractivity contribution in [3.8, 4) is 11.6 Å². The molecule has 0 saturated carbocycles. The zero-order chi connectivity index (χ0) is 20.2. The number of carbonyl (C=O) groups excluding carboxylic acids is 1. The number of hydrogen-bond acceptors (Lipinski definition) is 6. The van der Waals surface area contributed by atoms with E-state index in [1.165, 1.54) is 18.3 Å². The molecule has 0 aliphatic carbocycles. The number of halogens is 1. The van der Waals surface area contributed by atoms with Gasteiger partial charge in [0.15, 0.2) is 0 Å². The van der Waals surface area contributed by atoms with Gasteiger partial charge in [-0.25, -0.2) is 14.4 Å². The van der Waals surface area contributed by atoms with Gasteiger partial charge < -0.3 is 9.64 Å². The van der Waals surface area contributed by atoms with E-state index in [-0.39, 0.29) is 17.6 Å². The molecule has 3 heterocycles. The van der Waals surface area contributed by atoms with Crippen LogP contribution in [0.3, 0.4) is 0 Å². The first-order valence-corrected chi connectivity index (χ1v) is 9.42. The molecule has 1 fully saturated rings. The third-order valence-corrected chi connectivity index (χ3v) is 4.81. The molecule has 3 aromatic rings. The summed E-state index contributed by atoms with van der Waals surface area (Å²) < 4.78 is 19.0. The van der Waals surface area contributed by atoms with Crippen molar-refractivity contribution in [1.29, 1.82) is 0 Å². The molecule has 0 bridgehead atoms. The third-order valence-electron chi connectivity index (χ3n) is 4.81. The van der Waals surface area contributed by atoms with E-state index in [1.54, 1.807) is 35.6 Å². The van der Waals surface area contributed by atoms with Crippen molar-refractivity contribution in [3.05, 3.63) is 72.0 Å². The van der Waals surface area contributed by atoms with Crippen molar-refractivity contribution in [1.82, 2.24) is 24.8 Å². The molecule has 1 amide bonds. The van der Waals surface area contributed by atoms with Gasteiger partial charge in [-0.2, -0.15) is 0 Å². The van der Waals surface area contributed by atoms with Gasteiger partial charge in [0.2, 0.25) is 5.88 Å². The van der Waals surface area contributed by atoms with Crippen LogP contribution in [0.5, 0.6) is 11.6 Å². The fourth-order valence-corrected chi connectivity index (χ4v) is 3.36. The molecule has 0 unspecified atom stereocenters. The van der Waals surface area contributed by atoms with Crippen molar-refractivity contribution in [3.63, 3.8) is 0 Å². The molecule has 1 aromatic carbocycles. The van der Waals surface area contributed by atoms with Crippen LogP contribution in [0.25, 0.3) is 0 Å². The van der Waals surface area contributed by atoms with Crippen LogP contribution in [0.15, 0.2) is 49.1 Å². The molecule has 29 heavy (non-hydrogen) atoms. The second kappa shape index (κ2) is 8.30. The van der Waals surface area contributed by atoms with E-state index >= 15 is 0 Å². The summed E-state index contributed by atoms with van der Waals surface area (Å²) in [6.07, 6.45) is 7.96. The van der Waals surface area contributed by atoms with Gasteiger partial charge >= 0.3 is 0 Å². The van der Waals surface area contributed by atoms with E-state index in [1.807, 2.05) is 6.92 Å². The summed E-state index contributed by atoms with van der Waals surface area (Å²) in [5, 5.41) is 0. The first-order valence-electron chi connectivity index (χ1n) is 9.42. The van der Waals surface area contributed by atoms with Crippen LogP contribution in [-0.4, -0.2) is 43.8 Å². The van der Waals surface area contributed by atoms with Gasteiger partial charge in [0, 0.05) is 37.6 Å². The number of nitrogens with zero attached hydrogens (tertiary/aromatic N) is 5. The number of rotatable bonds is 4. The number of piperidine rings is 1. The van der Waals surface area contributed by atoms with Gasteiger partial charge in [-0.3, -0.25) is 14.8 Å². The zero-order valence-corrected chi connectivity index (χ0v) is 16.0. The van der Waals surface area contributed by atoms with Crippen molar-refractivity contribution >= 4 is 5.91 Å². The predicted molar refractivity (Wildman–Crippen MR) is 103 cm³/mol. The molecule has 1 saturated heterocycles. The van der Waals surface area contributed by atoms with E-state index in [2.05, 4.69) is 19.9 Å². The van der Waals surface area contributed by atoms with Crippen molar-refractivity contribution < 1.29 is 13.9 Å². The number of benzene rings is 1. The molecule has 8 heteroatoms. The Labute approximate surface area is 167 Å². The van der Waals surface area contributed by atoms with Crippen LogP contribution in [0.2, 0.25) is 0 Å². The lowest BCUT2D eigenvalue weighted by Gasteiger charge is -2.32. The van der Waals surface area contributed by atoms with Gasteiger partial charge in [0.25, 0.3) is 5.91 Å². The van der Waals surface area contributed by atoms with Crippen molar-refractivity contribution in [2.45, 2.75) is 25.7 Å². The van der Waals surface area contributed by atoms with Gasteiger partial charge in [-0.15, -0.1) is 0 Å². The smallest absolute Gasteiger partial charge is 0.274 e. The number of aryl methyl sites for hydroxylation is 1. The molecule has 0 radical (unpaired) electrons. The van der Waals surface area contributed by atoms with E-state index < -0.39 is 0 Å². The summed E-state index contributed by atoms with van der Waals surface area (Å²) >= 11 is 0. The first-order chi connectivity index (χ1) is 14.1. The number of ether oxygens (including phenoxy) is 1. The van der Waals surface area contributed by atoms with Gasteiger partial charge in [0.05, 0.1) is 11.9 Å². The Morgan fingerprint density at radius 3 is 2.66 bits per heavy atom. The van der Waals surface area contributed by atoms with Crippen LogP contribution >= 0.6 is 0 Å². The zero-order valence-electron chi connectivity index (χ0n) is 16.0. The minimum absolute atomic E-state index is 0.0183. The van der Waals surface area contributed by atoms with Gasteiger partial charge in [0.1, 0.15) is 23.0 Å². The molecule has 1 atom stereocenters. The summed E-state index contributed by atoms with van der Waals surface area (Å²) in [7, 11) is 0. The maximum Gasteiger partial charge on any atom is 0.274 e. The topological polar surface area (TPSA) is 81.1 Å². The Morgan fingerprint density at radius 1 is 1.10 bits per heavy atom. The number of hydrogen-bond donors (Lipinski definition) is 0. The summed E-state index contributed by atoms with van der Waals surface area (Å²) in [6.45, 7) is 2.97. The maximum absolute atomic E-state index is 13.1. The maximum atomic E-state index is 13.1. The highest BCUT2D eigenvalue weighted by atomic mass is 19.1. The van der Waals surface area contributed by atoms with E-state index in [0.29, 0.717) is 36.1 Å². The summed E-state index contributed by atoms with van der Waals surface area (Å²) in [6, 6.07) is 5.74. The fraction of sp³-hybridized carbons (Fsp3) is 0.286. The Hall–Kier alpha value is -3.42. The van der Waals surface area contributed by atoms with Crippen LogP contribution in [0.1, 0.15) is 40.6 Å².